The molecule has 0 spiro atoms. The predicted molar refractivity (Wildman–Crippen MR) is 124 cm³/mol. The molecule has 0 atom stereocenters. The van der Waals surface area contributed by atoms with Gasteiger partial charge in [-0.25, -0.2) is 9.80 Å². The van der Waals surface area contributed by atoms with Crippen molar-refractivity contribution in [3.05, 3.63) is 71.4 Å². The number of hydrazine groups is 1. The fourth-order valence-corrected chi connectivity index (χ4v) is 3.19. The minimum absolute atomic E-state index is 0.229. The number of nitrogens with one attached hydrogen (secondary N) is 1. The summed E-state index contributed by atoms with van der Waals surface area (Å²) in [5.74, 6) is 5.10. The number of methoxy groups -OCH3 is 1. The normalized spacial score (nSPS) is 10.7. The summed E-state index contributed by atoms with van der Waals surface area (Å²) in [7, 11) is 4.91. The maximum atomic E-state index is 12.5. The summed E-state index contributed by atoms with van der Waals surface area (Å²) in [6.07, 6.45) is 1.81. The molecule has 0 saturated carbocycles. The van der Waals surface area contributed by atoms with Gasteiger partial charge in [-0.1, -0.05) is 11.2 Å². The van der Waals surface area contributed by atoms with Crippen molar-refractivity contribution in [1.29, 1.82) is 0 Å². The monoisotopic (exact) mass is 436 g/mol. The Morgan fingerprint density at radius 1 is 1.09 bits per heavy atom. The number of anilines is 1. The highest BCUT2D eigenvalue weighted by Crippen LogP contribution is 2.30. The molecule has 3 rings (SSSR count). The molecular formula is C24H30N5O3+. The average Bonchev–Trinajstić information content (AvgIpc) is 2.78. The molecule has 0 bridgehead atoms. The molecule has 4 N–H and O–H groups in total. The molecule has 0 radical (unpaired) electrons. The highest BCUT2D eigenvalue weighted by molar-refractivity contribution is 5.90. The summed E-state index contributed by atoms with van der Waals surface area (Å²) in [5.41, 5.74) is 5.46. The van der Waals surface area contributed by atoms with E-state index in [2.05, 4.69) is 28.3 Å². The second-order valence-electron chi connectivity index (χ2n) is 7.59. The van der Waals surface area contributed by atoms with E-state index in [1.165, 1.54) is 10.1 Å². The minimum atomic E-state index is -0.316. The van der Waals surface area contributed by atoms with E-state index in [0.717, 1.165) is 33.7 Å². The topological polar surface area (TPSA) is 94.6 Å². The Hall–Kier alpha value is -3.62. The van der Waals surface area contributed by atoms with Gasteiger partial charge in [0.25, 0.3) is 0 Å². The van der Waals surface area contributed by atoms with Crippen LogP contribution in [-0.2, 0) is 6.61 Å². The molecule has 0 aliphatic rings. The van der Waals surface area contributed by atoms with Gasteiger partial charge in [-0.15, -0.1) is 0 Å². The number of nitrogens with zero attached hydrogens (tertiary/aromatic N) is 3. The first-order valence-corrected chi connectivity index (χ1v) is 10.2. The Morgan fingerprint density at radius 2 is 1.88 bits per heavy atom. The number of benzene rings is 2. The molecule has 3 aromatic rings. The zero-order valence-electron chi connectivity index (χ0n) is 19.2. The fraction of sp³-hybridized carbons (Fsp3) is 0.250. The van der Waals surface area contributed by atoms with Crippen molar-refractivity contribution in [3.63, 3.8) is 0 Å². The Labute approximate surface area is 188 Å². The van der Waals surface area contributed by atoms with E-state index in [4.69, 9.17) is 9.47 Å². The summed E-state index contributed by atoms with van der Waals surface area (Å²) in [6, 6.07) is 15.2. The summed E-state index contributed by atoms with van der Waals surface area (Å²) in [5, 5.41) is 5.70. The van der Waals surface area contributed by atoms with E-state index < -0.39 is 0 Å². The predicted octanol–water partition coefficient (Wildman–Crippen LogP) is 3.42. The molecule has 0 fully saturated rings. The number of carbonyl (C=O) groups excluding carboxylic acids is 1. The molecule has 0 aliphatic carbocycles. The van der Waals surface area contributed by atoms with E-state index in [0.29, 0.717) is 11.4 Å². The van der Waals surface area contributed by atoms with Crippen molar-refractivity contribution in [1.82, 2.24) is 15.1 Å². The van der Waals surface area contributed by atoms with Crippen molar-refractivity contribution < 1.29 is 20.1 Å². The second-order valence-corrected chi connectivity index (χ2v) is 7.59. The molecule has 32 heavy (non-hydrogen) atoms. The van der Waals surface area contributed by atoms with E-state index in [-0.39, 0.29) is 12.6 Å². The van der Waals surface area contributed by atoms with Gasteiger partial charge in [-0.3, -0.25) is 10.8 Å². The molecule has 0 unspecified atom stereocenters. The highest BCUT2D eigenvalue weighted by Gasteiger charge is 2.17. The summed E-state index contributed by atoms with van der Waals surface area (Å²) in [6.45, 7) is 4.27. The van der Waals surface area contributed by atoms with Crippen LogP contribution in [0.5, 0.6) is 11.5 Å². The van der Waals surface area contributed by atoms with Crippen LogP contribution >= 0.6 is 0 Å². The van der Waals surface area contributed by atoms with Crippen LogP contribution in [0.1, 0.15) is 16.7 Å². The Balaban J connectivity index is 1.81. The molecule has 8 heteroatoms. The van der Waals surface area contributed by atoms with Crippen LogP contribution in [0.2, 0.25) is 0 Å². The van der Waals surface area contributed by atoms with Crippen molar-refractivity contribution in [2.45, 2.75) is 20.5 Å². The number of carbonyl (C=O) groups is 1. The summed E-state index contributed by atoms with van der Waals surface area (Å²) < 4.78 is 11.6. The Kier molecular flexibility index (Phi) is 7.29. The number of hydrogen-bond acceptors (Lipinski definition) is 5. The highest BCUT2D eigenvalue weighted by atomic mass is 16.5. The van der Waals surface area contributed by atoms with Gasteiger partial charge in [0, 0.05) is 18.8 Å². The Morgan fingerprint density at radius 3 is 2.53 bits per heavy atom. The van der Waals surface area contributed by atoms with Crippen LogP contribution in [0.25, 0.3) is 11.3 Å². The van der Waals surface area contributed by atoms with Crippen LogP contribution in [0.4, 0.5) is 10.5 Å². The number of pyridine rings is 1. The number of quaternary nitrogens is 1. The minimum Gasteiger partial charge on any atom is -0.496 e. The van der Waals surface area contributed by atoms with Gasteiger partial charge in [0.2, 0.25) is 0 Å². The number of urea groups is 1. The van der Waals surface area contributed by atoms with Crippen LogP contribution in [-0.4, -0.2) is 42.3 Å². The maximum absolute atomic E-state index is 12.5. The maximum Gasteiger partial charge on any atom is 0.340 e. The molecular weight excluding hydrogens is 406 g/mol. The van der Waals surface area contributed by atoms with Gasteiger partial charge in [0.05, 0.1) is 31.1 Å². The number of rotatable bonds is 7. The van der Waals surface area contributed by atoms with Crippen molar-refractivity contribution >= 4 is 11.7 Å². The average molecular weight is 437 g/mol. The molecule has 0 saturated heterocycles. The summed E-state index contributed by atoms with van der Waals surface area (Å²) >= 11 is 0. The van der Waals surface area contributed by atoms with E-state index in [1.807, 2.05) is 56.4 Å². The van der Waals surface area contributed by atoms with Gasteiger partial charge in [-0.05, 0) is 67.4 Å². The third-order valence-corrected chi connectivity index (χ3v) is 5.16. The SMILES string of the molecule is COc1cccc(NC(=O)N(C)N(C)[NH3+])c1COc1ccc(-c2cc(C)ccn2)cc1C. The first-order chi connectivity index (χ1) is 15.3. The molecule has 168 valence electrons. The van der Waals surface area contributed by atoms with Crippen molar-refractivity contribution in [3.8, 4) is 22.8 Å². The van der Waals surface area contributed by atoms with Crippen molar-refractivity contribution in [2.75, 3.05) is 26.5 Å². The van der Waals surface area contributed by atoms with E-state index in [1.54, 1.807) is 21.2 Å². The quantitative estimate of drug-likeness (QED) is 0.554. The zero-order valence-corrected chi connectivity index (χ0v) is 19.2. The van der Waals surface area contributed by atoms with Gasteiger partial charge >= 0.3 is 6.03 Å². The third kappa shape index (κ3) is 5.35. The number of aryl methyl sites for hydroxylation is 2. The zero-order chi connectivity index (χ0) is 23.3. The number of hydrogen-bond donors (Lipinski definition) is 2. The van der Waals surface area contributed by atoms with Crippen LogP contribution in [0.3, 0.4) is 0 Å². The molecule has 0 aliphatic heterocycles. The van der Waals surface area contributed by atoms with Crippen LogP contribution in [0.15, 0.2) is 54.7 Å². The van der Waals surface area contributed by atoms with Crippen LogP contribution < -0.4 is 20.6 Å². The Bertz CT molecular complexity index is 1100. The lowest BCUT2D eigenvalue weighted by molar-refractivity contribution is -0.610. The number of aromatic nitrogens is 1. The first kappa shape index (κ1) is 23.1. The van der Waals surface area contributed by atoms with Crippen molar-refractivity contribution in [2.24, 2.45) is 0 Å². The lowest BCUT2D eigenvalue weighted by Gasteiger charge is -2.22. The van der Waals surface area contributed by atoms with E-state index >= 15 is 0 Å². The number of ether oxygens (including phenoxy) is 2. The van der Waals surface area contributed by atoms with Gasteiger partial charge in [-0.2, -0.15) is 0 Å². The van der Waals surface area contributed by atoms with Gasteiger partial charge < -0.3 is 14.8 Å². The van der Waals surface area contributed by atoms with Crippen LogP contribution in [0, 0.1) is 13.8 Å². The number of amides is 2. The fourth-order valence-electron chi connectivity index (χ4n) is 3.19. The lowest BCUT2D eigenvalue weighted by Crippen LogP contribution is -2.72. The molecule has 1 aromatic heterocycles. The smallest absolute Gasteiger partial charge is 0.340 e. The van der Waals surface area contributed by atoms with Gasteiger partial charge in [0.15, 0.2) is 0 Å². The first-order valence-electron chi connectivity index (χ1n) is 10.2. The molecule has 2 amide bonds. The van der Waals surface area contributed by atoms with Gasteiger partial charge in [0.1, 0.15) is 18.1 Å². The molecule has 1 heterocycles. The largest absolute Gasteiger partial charge is 0.496 e. The molecule has 8 nitrogen and oxygen atoms in total. The second kappa shape index (κ2) is 10.1. The third-order valence-electron chi connectivity index (χ3n) is 5.16. The molecule has 2 aromatic carbocycles. The standard InChI is InChI=1S/C24H29N5O3/c1-16-11-12-26-21(13-16)18-9-10-22(17(2)14-18)32-15-19-20(7-6-8-23(19)31-5)27-24(30)28(3)29(4)25/h6-14H,15,25H2,1-5H3,(H,27,30)/p+1. The summed E-state index contributed by atoms with van der Waals surface area (Å²) in [4.78, 5) is 16.9. The van der Waals surface area contributed by atoms with E-state index in [9.17, 15) is 4.79 Å². The lowest BCUT2D eigenvalue weighted by atomic mass is 10.1.